The number of rotatable bonds is 3. The summed E-state index contributed by atoms with van der Waals surface area (Å²) in [5.74, 6) is 1.28. The van der Waals surface area contributed by atoms with Crippen LogP contribution < -0.4 is 21.1 Å². The van der Waals surface area contributed by atoms with E-state index in [4.69, 9.17) is 10.5 Å². The van der Waals surface area contributed by atoms with Crippen molar-refractivity contribution in [3.05, 3.63) is 23.8 Å². The molecule has 1 aliphatic carbocycles. The standard InChI is InChI=1S/C16H23N3O2/c17-14-3-1-2-11(14)9-16(20)19-13-4-5-15-12(8-13)10-18-6-7-21-15/h4-5,8,11,14,18H,1-3,6-7,9-10,17H2,(H,19,20)/t11-,14+/m0/s1. The van der Waals surface area contributed by atoms with Crippen LogP contribution in [0.3, 0.4) is 0 Å². The van der Waals surface area contributed by atoms with Crippen LogP contribution in [-0.4, -0.2) is 25.1 Å². The van der Waals surface area contributed by atoms with Gasteiger partial charge in [0, 0.05) is 36.8 Å². The third-order valence-corrected chi connectivity index (χ3v) is 4.36. The highest BCUT2D eigenvalue weighted by Gasteiger charge is 2.26. The van der Waals surface area contributed by atoms with Crippen molar-refractivity contribution in [2.45, 2.75) is 38.3 Å². The van der Waals surface area contributed by atoms with Crippen molar-refractivity contribution in [3.63, 3.8) is 0 Å². The zero-order chi connectivity index (χ0) is 14.7. The van der Waals surface area contributed by atoms with Crippen LogP contribution in [0.15, 0.2) is 18.2 Å². The first kappa shape index (κ1) is 14.4. The number of carbonyl (C=O) groups excluding carboxylic acids is 1. The number of amides is 1. The van der Waals surface area contributed by atoms with Crippen molar-refractivity contribution in [2.75, 3.05) is 18.5 Å². The number of hydrogen-bond donors (Lipinski definition) is 3. The number of carbonyl (C=O) groups is 1. The summed E-state index contributed by atoms with van der Waals surface area (Å²) in [6.45, 7) is 2.29. The van der Waals surface area contributed by atoms with E-state index < -0.39 is 0 Å². The molecule has 21 heavy (non-hydrogen) atoms. The van der Waals surface area contributed by atoms with E-state index in [1.807, 2.05) is 18.2 Å². The molecule has 1 saturated carbocycles. The summed E-state index contributed by atoms with van der Waals surface area (Å²) in [6.07, 6.45) is 3.77. The first-order valence-electron chi connectivity index (χ1n) is 7.74. The second-order valence-electron chi connectivity index (χ2n) is 5.95. The van der Waals surface area contributed by atoms with Crippen LogP contribution in [0.2, 0.25) is 0 Å². The molecule has 0 bridgehead atoms. The summed E-state index contributed by atoms with van der Waals surface area (Å²) in [4.78, 5) is 12.1. The summed E-state index contributed by atoms with van der Waals surface area (Å²) < 4.78 is 5.64. The minimum Gasteiger partial charge on any atom is -0.492 e. The van der Waals surface area contributed by atoms with Crippen LogP contribution in [0.5, 0.6) is 5.75 Å². The van der Waals surface area contributed by atoms with Gasteiger partial charge < -0.3 is 21.1 Å². The number of nitrogens with one attached hydrogen (secondary N) is 2. The minimum atomic E-state index is 0.0554. The molecular weight excluding hydrogens is 266 g/mol. The summed E-state index contributed by atoms with van der Waals surface area (Å²) in [5.41, 5.74) is 7.94. The third-order valence-electron chi connectivity index (χ3n) is 4.36. The highest BCUT2D eigenvalue weighted by Crippen LogP contribution is 2.28. The molecule has 114 valence electrons. The number of anilines is 1. The Balaban J connectivity index is 1.62. The zero-order valence-electron chi connectivity index (χ0n) is 12.2. The molecule has 3 rings (SSSR count). The van der Waals surface area contributed by atoms with E-state index in [0.29, 0.717) is 18.9 Å². The van der Waals surface area contributed by atoms with E-state index in [-0.39, 0.29) is 11.9 Å². The van der Waals surface area contributed by atoms with Crippen LogP contribution in [0, 0.1) is 5.92 Å². The van der Waals surface area contributed by atoms with E-state index in [0.717, 1.165) is 49.4 Å². The second-order valence-corrected chi connectivity index (χ2v) is 5.95. The third kappa shape index (κ3) is 3.54. The second kappa shape index (κ2) is 6.45. The van der Waals surface area contributed by atoms with Crippen LogP contribution >= 0.6 is 0 Å². The Hall–Kier alpha value is -1.59. The maximum absolute atomic E-state index is 12.1. The van der Waals surface area contributed by atoms with Gasteiger partial charge in [-0.1, -0.05) is 6.42 Å². The smallest absolute Gasteiger partial charge is 0.224 e. The van der Waals surface area contributed by atoms with Crippen molar-refractivity contribution in [3.8, 4) is 5.75 Å². The van der Waals surface area contributed by atoms with Gasteiger partial charge in [-0.2, -0.15) is 0 Å². The average molecular weight is 289 g/mol. The van der Waals surface area contributed by atoms with Crippen molar-refractivity contribution in [1.29, 1.82) is 0 Å². The Bertz CT molecular complexity index is 518. The Kier molecular flexibility index (Phi) is 4.41. The van der Waals surface area contributed by atoms with Gasteiger partial charge in [0.15, 0.2) is 0 Å². The molecule has 0 unspecified atom stereocenters. The summed E-state index contributed by atoms with van der Waals surface area (Å²) in [5, 5.41) is 6.28. The molecule has 5 heteroatoms. The van der Waals surface area contributed by atoms with Gasteiger partial charge in [-0.15, -0.1) is 0 Å². The Morgan fingerprint density at radius 2 is 2.33 bits per heavy atom. The van der Waals surface area contributed by atoms with E-state index in [2.05, 4.69) is 10.6 Å². The molecular formula is C16H23N3O2. The summed E-state index contributed by atoms with van der Waals surface area (Å²) in [6, 6.07) is 6.00. The fourth-order valence-electron chi connectivity index (χ4n) is 3.16. The number of benzene rings is 1. The predicted molar refractivity (Wildman–Crippen MR) is 82.2 cm³/mol. The monoisotopic (exact) mass is 289 g/mol. The van der Waals surface area contributed by atoms with Gasteiger partial charge in [0.05, 0.1) is 0 Å². The maximum Gasteiger partial charge on any atom is 0.224 e. The van der Waals surface area contributed by atoms with Gasteiger partial charge in [0.2, 0.25) is 5.91 Å². The van der Waals surface area contributed by atoms with Gasteiger partial charge in [-0.3, -0.25) is 4.79 Å². The number of hydrogen-bond acceptors (Lipinski definition) is 4. The van der Waals surface area contributed by atoms with Crippen LogP contribution in [0.4, 0.5) is 5.69 Å². The molecule has 1 fully saturated rings. The van der Waals surface area contributed by atoms with Crippen molar-refractivity contribution in [1.82, 2.24) is 5.32 Å². The molecule has 2 atom stereocenters. The van der Waals surface area contributed by atoms with E-state index >= 15 is 0 Å². The van der Waals surface area contributed by atoms with Crippen molar-refractivity contribution >= 4 is 11.6 Å². The zero-order valence-corrected chi connectivity index (χ0v) is 12.2. The fraction of sp³-hybridized carbons (Fsp3) is 0.562. The highest BCUT2D eigenvalue weighted by molar-refractivity contribution is 5.91. The van der Waals surface area contributed by atoms with Crippen LogP contribution in [0.1, 0.15) is 31.2 Å². The first-order valence-corrected chi connectivity index (χ1v) is 7.74. The lowest BCUT2D eigenvalue weighted by atomic mass is 10.00. The summed E-state index contributed by atoms with van der Waals surface area (Å²) in [7, 11) is 0. The molecule has 2 aliphatic rings. The molecule has 0 aromatic heterocycles. The van der Waals surface area contributed by atoms with Gasteiger partial charge in [-0.05, 0) is 37.0 Å². The molecule has 0 radical (unpaired) electrons. The van der Waals surface area contributed by atoms with Gasteiger partial charge in [-0.25, -0.2) is 0 Å². The highest BCUT2D eigenvalue weighted by atomic mass is 16.5. The van der Waals surface area contributed by atoms with Gasteiger partial charge >= 0.3 is 0 Å². The molecule has 1 aromatic rings. The Labute approximate surface area is 125 Å². The van der Waals surface area contributed by atoms with Crippen LogP contribution in [-0.2, 0) is 11.3 Å². The lowest BCUT2D eigenvalue weighted by molar-refractivity contribution is -0.117. The Morgan fingerprint density at radius 1 is 1.43 bits per heavy atom. The van der Waals surface area contributed by atoms with Crippen molar-refractivity contribution in [2.24, 2.45) is 11.7 Å². The molecule has 0 saturated heterocycles. The molecule has 1 aromatic carbocycles. The maximum atomic E-state index is 12.1. The lowest BCUT2D eigenvalue weighted by Gasteiger charge is -2.15. The molecule has 1 heterocycles. The number of ether oxygens (including phenoxy) is 1. The Morgan fingerprint density at radius 3 is 3.14 bits per heavy atom. The molecule has 1 aliphatic heterocycles. The normalized spacial score (nSPS) is 24.8. The first-order chi connectivity index (χ1) is 10.2. The van der Waals surface area contributed by atoms with Gasteiger partial charge in [0.1, 0.15) is 12.4 Å². The van der Waals surface area contributed by atoms with E-state index in [1.165, 1.54) is 0 Å². The topological polar surface area (TPSA) is 76.4 Å². The SMILES string of the molecule is N[C@@H]1CCC[C@H]1CC(=O)Nc1ccc2c(c1)CNCCO2. The van der Waals surface area contributed by atoms with Crippen LogP contribution in [0.25, 0.3) is 0 Å². The molecule has 4 N–H and O–H groups in total. The lowest BCUT2D eigenvalue weighted by Crippen LogP contribution is -2.28. The number of fused-ring (bicyclic) bond motifs is 1. The minimum absolute atomic E-state index is 0.0554. The van der Waals surface area contributed by atoms with Crippen molar-refractivity contribution < 1.29 is 9.53 Å². The van der Waals surface area contributed by atoms with Gasteiger partial charge in [0.25, 0.3) is 0 Å². The molecule has 0 spiro atoms. The largest absolute Gasteiger partial charge is 0.492 e. The molecule has 1 amide bonds. The molecule has 5 nitrogen and oxygen atoms in total. The van der Waals surface area contributed by atoms with E-state index in [9.17, 15) is 4.79 Å². The fourth-order valence-corrected chi connectivity index (χ4v) is 3.16. The summed E-state index contributed by atoms with van der Waals surface area (Å²) >= 11 is 0. The predicted octanol–water partition coefficient (Wildman–Crippen LogP) is 1.62. The quantitative estimate of drug-likeness (QED) is 0.790. The van der Waals surface area contributed by atoms with E-state index in [1.54, 1.807) is 0 Å². The number of nitrogens with two attached hydrogens (primary N) is 1. The average Bonchev–Trinajstić information content (AvgIpc) is 2.74.